The second-order valence-corrected chi connectivity index (χ2v) is 7.57. The molecule has 6 nitrogen and oxygen atoms in total. The maximum absolute atomic E-state index is 12.7. The van der Waals surface area contributed by atoms with Crippen molar-refractivity contribution in [1.29, 1.82) is 0 Å². The summed E-state index contributed by atoms with van der Waals surface area (Å²) >= 11 is 1.62. The quantitative estimate of drug-likeness (QED) is 0.617. The second-order valence-electron chi connectivity index (χ2n) is 6.58. The average Bonchev–Trinajstić information content (AvgIpc) is 2.74. The fraction of sp³-hybridized carbons (Fsp3) is 0.318. The highest BCUT2D eigenvalue weighted by molar-refractivity contribution is 7.98. The molecule has 1 atom stereocenters. The van der Waals surface area contributed by atoms with Gasteiger partial charge >= 0.3 is 5.97 Å². The van der Waals surface area contributed by atoms with Crippen LogP contribution in [0, 0.1) is 6.92 Å². The molecule has 2 aromatic carbocycles. The predicted molar refractivity (Wildman–Crippen MR) is 115 cm³/mol. The molecule has 0 saturated heterocycles. The molecule has 0 aliphatic carbocycles. The first-order valence-corrected chi connectivity index (χ1v) is 10.7. The molecule has 0 fully saturated rings. The summed E-state index contributed by atoms with van der Waals surface area (Å²) in [7, 11) is 1.33. The zero-order chi connectivity index (χ0) is 21.2. The van der Waals surface area contributed by atoms with Crippen LogP contribution in [-0.2, 0) is 16.1 Å². The van der Waals surface area contributed by atoms with Crippen molar-refractivity contribution in [1.82, 2.24) is 10.6 Å². The number of carbonyl (C=O) groups is 3. The number of benzene rings is 2. The molecule has 0 saturated carbocycles. The fourth-order valence-corrected chi connectivity index (χ4v) is 3.19. The Hall–Kier alpha value is -2.80. The number of carbonyl (C=O) groups excluding carboxylic acids is 3. The van der Waals surface area contributed by atoms with Gasteiger partial charge in [-0.2, -0.15) is 11.8 Å². The van der Waals surface area contributed by atoms with E-state index in [1.165, 1.54) is 7.11 Å². The van der Waals surface area contributed by atoms with Crippen molar-refractivity contribution in [2.45, 2.75) is 25.9 Å². The Labute approximate surface area is 175 Å². The van der Waals surface area contributed by atoms with Crippen LogP contribution in [0.4, 0.5) is 0 Å². The van der Waals surface area contributed by atoms with E-state index < -0.39 is 12.0 Å². The third kappa shape index (κ3) is 6.94. The summed E-state index contributed by atoms with van der Waals surface area (Å²) in [5.41, 5.74) is 2.81. The van der Waals surface area contributed by atoms with Gasteiger partial charge in [-0.1, -0.05) is 29.8 Å². The number of ether oxygens (including phenoxy) is 1. The van der Waals surface area contributed by atoms with Crippen LogP contribution in [0.25, 0.3) is 0 Å². The number of rotatable bonds is 9. The number of nitrogens with one attached hydrogen (secondary N) is 2. The molecule has 0 radical (unpaired) electrons. The summed E-state index contributed by atoms with van der Waals surface area (Å²) in [4.78, 5) is 36.7. The van der Waals surface area contributed by atoms with E-state index in [1.807, 2.05) is 25.3 Å². The van der Waals surface area contributed by atoms with Gasteiger partial charge in [-0.3, -0.25) is 9.59 Å². The van der Waals surface area contributed by atoms with E-state index in [2.05, 4.69) is 15.4 Å². The summed E-state index contributed by atoms with van der Waals surface area (Å²) in [6, 6.07) is 13.5. The molecule has 2 rings (SSSR count). The minimum atomic E-state index is -0.621. The van der Waals surface area contributed by atoms with Gasteiger partial charge in [-0.25, -0.2) is 4.79 Å². The van der Waals surface area contributed by atoms with Crippen LogP contribution in [-0.4, -0.2) is 42.9 Å². The van der Waals surface area contributed by atoms with Crippen LogP contribution in [0.3, 0.4) is 0 Å². The smallest absolute Gasteiger partial charge is 0.337 e. The number of hydrogen-bond donors (Lipinski definition) is 2. The van der Waals surface area contributed by atoms with E-state index in [4.69, 9.17) is 0 Å². The lowest BCUT2D eigenvalue weighted by atomic mass is 10.1. The Morgan fingerprint density at radius 1 is 1.07 bits per heavy atom. The van der Waals surface area contributed by atoms with E-state index in [0.29, 0.717) is 24.1 Å². The number of esters is 1. The molecule has 0 spiro atoms. The van der Waals surface area contributed by atoms with Gasteiger partial charge < -0.3 is 15.4 Å². The number of amides is 2. The molecule has 29 heavy (non-hydrogen) atoms. The number of methoxy groups -OCH3 is 1. The Morgan fingerprint density at radius 3 is 2.41 bits per heavy atom. The van der Waals surface area contributed by atoms with Crippen molar-refractivity contribution < 1.29 is 19.1 Å². The van der Waals surface area contributed by atoms with Crippen molar-refractivity contribution in [3.05, 3.63) is 70.8 Å². The molecule has 2 amide bonds. The maximum Gasteiger partial charge on any atom is 0.337 e. The summed E-state index contributed by atoms with van der Waals surface area (Å²) in [5.74, 6) is -0.161. The lowest BCUT2D eigenvalue weighted by molar-refractivity contribution is -0.123. The summed E-state index contributed by atoms with van der Waals surface area (Å²) in [6.45, 7) is 2.22. The lowest BCUT2D eigenvalue weighted by Crippen LogP contribution is -2.46. The highest BCUT2D eigenvalue weighted by Gasteiger charge is 2.21. The monoisotopic (exact) mass is 414 g/mol. The molecule has 0 aromatic heterocycles. The minimum Gasteiger partial charge on any atom is -0.465 e. The predicted octanol–water partition coefficient (Wildman–Crippen LogP) is 2.95. The average molecular weight is 415 g/mol. The minimum absolute atomic E-state index is 0.239. The van der Waals surface area contributed by atoms with Crippen molar-refractivity contribution in [2.24, 2.45) is 0 Å². The summed E-state index contributed by atoms with van der Waals surface area (Å²) in [5, 5.41) is 5.70. The third-order valence-electron chi connectivity index (χ3n) is 4.35. The fourth-order valence-electron chi connectivity index (χ4n) is 2.72. The largest absolute Gasteiger partial charge is 0.465 e. The SMILES string of the molecule is COC(=O)c1ccc(CNC(=O)C(CCSC)NC(=O)c2cccc(C)c2)cc1. The van der Waals surface area contributed by atoms with Crippen molar-refractivity contribution >= 4 is 29.5 Å². The van der Waals surface area contributed by atoms with Crippen LogP contribution >= 0.6 is 11.8 Å². The van der Waals surface area contributed by atoms with Crippen molar-refractivity contribution in [2.75, 3.05) is 19.1 Å². The molecule has 2 N–H and O–H groups in total. The molecule has 154 valence electrons. The van der Waals surface area contributed by atoms with E-state index in [1.54, 1.807) is 48.2 Å². The van der Waals surface area contributed by atoms with Crippen LogP contribution < -0.4 is 10.6 Å². The summed E-state index contributed by atoms with van der Waals surface area (Å²) in [6.07, 6.45) is 2.49. The second kappa shape index (κ2) is 11.3. The van der Waals surface area contributed by atoms with Crippen LogP contribution in [0.5, 0.6) is 0 Å². The zero-order valence-corrected chi connectivity index (χ0v) is 17.7. The van der Waals surface area contributed by atoms with Crippen molar-refractivity contribution in [3.63, 3.8) is 0 Å². The highest BCUT2D eigenvalue weighted by Crippen LogP contribution is 2.08. The number of hydrogen-bond acceptors (Lipinski definition) is 5. The van der Waals surface area contributed by atoms with Crippen LogP contribution in [0.15, 0.2) is 48.5 Å². The van der Waals surface area contributed by atoms with Gasteiger partial charge in [0.2, 0.25) is 5.91 Å². The Balaban J connectivity index is 1.99. The molecular weight excluding hydrogens is 388 g/mol. The first kappa shape index (κ1) is 22.5. The molecular formula is C22H26N2O4S. The highest BCUT2D eigenvalue weighted by atomic mass is 32.2. The number of thioether (sulfide) groups is 1. The lowest BCUT2D eigenvalue weighted by Gasteiger charge is -2.18. The molecule has 7 heteroatoms. The van der Waals surface area contributed by atoms with Gasteiger partial charge in [0.25, 0.3) is 5.91 Å². The Bertz CT molecular complexity index is 852. The van der Waals surface area contributed by atoms with Gasteiger partial charge in [-0.15, -0.1) is 0 Å². The van der Waals surface area contributed by atoms with Gasteiger partial charge in [0.1, 0.15) is 6.04 Å². The molecule has 0 heterocycles. The van der Waals surface area contributed by atoms with E-state index >= 15 is 0 Å². The molecule has 1 unspecified atom stereocenters. The van der Waals surface area contributed by atoms with Gasteiger partial charge in [0.05, 0.1) is 12.7 Å². The zero-order valence-electron chi connectivity index (χ0n) is 16.9. The standard InChI is InChI=1S/C22H26N2O4S/c1-15-5-4-6-18(13-15)20(25)24-19(11-12-29-3)21(26)23-14-16-7-9-17(10-8-16)22(27)28-2/h4-10,13,19H,11-12,14H2,1-3H3,(H,23,26)(H,24,25). The van der Waals surface area contributed by atoms with Crippen LogP contribution in [0.2, 0.25) is 0 Å². The van der Waals surface area contributed by atoms with Gasteiger partial charge in [0, 0.05) is 12.1 Å². The van der Waals surface area contributed by atoms with Gasteiger partial charge in [0.15, 0.2) is 0 Å². The molecule has 0 aliphatic rings. The van der Waals surface area contributed by atoms with E-state index in [-0.39, 0.29) is 11.8 Å². The Morgan fingerprint density at radius 2 is 1.79 bits per heavy atom. The number of aryl methyl sites for hydroxylation is 1. The maximum atomic E-state index is 12.7. The van der Waals surface area contributed by atoms with Crippen LogP contribution in [0.1, 0.15) is 38.3 Å². The summed E-state index contributed by atoms with van der Waals surface area (Å²) < 4.78 is 4.67. The normalized spacial score (nSPS) is 11.4. The first-order chi connectivity index (χ1) is 13.9. The molecule has 0 bridgehead atoms. The van der Waals surface area contributed by atoms with E-state index in [9.17, 15) is 14.4 Å². The first-order valence-electron chi connectivity index (χ1n) is 9.26. The van der Waals surface area contributed by atoms with Crippen molar-refractivity contribution in [3.8, 4) is 0 Å². The molecule has 2 aromatic rings. The third-order valence-corrected chi connectivity index (χ3v) is 5.00. The van der Waals surface area contributed by atoms with E-state index in [0.717, 1.165) is 16.9 Å². The Kier molecular flexibility index (Phi) is 8.73. The van der Waals surface area contributed by atoms with Gasteiger partial charge in [-0.05, 0) is 55.2 Å². The topological polar surface area (TPSA) is 84.5 Å². The molecule has 0 aliphatic heterocycles.